The number of rotatable bonds is 19. The average molecular weight is 597 g/mol. The first-order chi connectivity index (χ1) is 21.3. The average Bonchev–Trinajstić information content (AvgIpc) is 3.05. The maximum Gasteiger partial charge on any atom is 0.198 e. The fourth-order valence-electron chi connectivity index (χ4n) is 6.19. The van der Waals surface area contributed by atoms with Crippen molar-refractivity contribution in [3.8, 4) is 17.6 Å². The van der Waals surface area contributed by atoms with Crippen LogP contribution in [0, 0.1) is 36.7 Å². The van der Waals surface area contributed by atoms with Crippen molar-refractivity contribution in [3.63, 3.8) is 0 Å². The molecule has 0 saturated carbocycles. The zero-order chi connectivity index (χ0) is 32.5. The molecule has 2 aromatic carbocycles. The molecule has 4 heteroatoms. The molecule has 238 valence electrons. The zero-order valence-electron chi connectivity index (χ0n) is 28.8. The Labute approximate surface area is 269 Å². The highest BCUT2D eigenvalue weighted by Crippen LogP contribution is 2.37. The van der Waals surface area contributed by atoms with E-state index in [9.17, 15) is 5.26 Å². The van der Waals surface area contributed by atoms with Crippen molar-refractivity contribution >= 4 is 17.3 Å². The first kappa shape index (κ1) is 36.7. The summed E-state index contributed by atoms with van der Waals surface area (Å²) < 4.78 is 11.6. The van der Waals surface area contributed by atoms with Crippen LogP contribution in [0.2, 0.25) is 0 Å². The Balaban J connectivity index is 2.66. The van der Waals surface area contributed by atoms with Crippen LogP contribution in [0.3, 0.4) is 0 Å². The van der Waals surface area contributed by atoms with E-state index in [4.69, 9.17) is 16.0 Å². The molecule has 2 aromatic rings. The van der Waals surface area contributed by atoms with Crippen molar-refractivity contribution in [2.75, 3.05) is 14.2 Å². The van der Waals surface area contributed by atoms with Gasteiger partial charge in [-0.15, -0.1) is 0 Å². The molecule has 0 aliphatic heterocycles. The van der Waals surface area contributed by atoms with E-state index in [1.807, 2.05) is 25.1 Å². The molecule has 0 radical (unpaired) electrons. The van der Waals surface area contributed by atoms with Gasteiger partial charge < -0.3 is 9.47 Å². The summed E-state index contributed by atoms with van der Waals surface area (Å²) in [5.41, 5.74) is 7.33. The van der Waals surface area contributed by atoms with Gasteiger partial charge >= 0.3 is 0 Å². The predicted molar refractivity (Wildman–Crippen MR) is 188 cm³/mol. The van der Waals surface area contributed by atoms with Gasteiger partial charge in [0.25, 0.3) is 0 Å². The number of methoxy groups -OCH3 is 2. The Hall–Kier alpha value is -3.50. The summed E-state index contributed by atoms with van der Waals surface area (Å²) in [7, 11) is 3.35. The molecule has 0 aliphatic rings. The number of nitriles is 1. The van der Waals surface area contributed by atoms with Gasteiger partial charge in [0.15, 0.2) is 5.70 Å². The van der Waals surface area contributed by atoms with Crippen molar-refractivity contribution < 1.29 is 9.47 Å². The molecule has 0 aliphatic carbocycles. The van der Waals surface area contributed by atoms with Crippen molar-refractivity contribution in [3.05, 3.63) is 75.1 Å². The van der Waals surface area contributed by atoms with Crippen LogP contribution in [0.5, 0.6) is 11.5 Å². The van der Waals surface area contributed by atoms with Gasteiger partial charge in [0.2, 0.25) is 0 Å². The minimum Gasteiger partial charge on any atom is -0.497 e. The lowest BCUT2D eigenvalue weighted by Gasteiger charge is -2.19. The molecule has 2 rings (SSSR count). The second kappa shape index (κ2) is 19.7. The Morgan fingerprint density at radius 3 is 1.91 bits per heavy atom. The van der Waals surface area contributed by atoms with Gasteiger partial charge in [0.05, 0.1) is 32.4 Å². The van der Waals surface area contributed by atoms with Crippen LogP contribution in [0.4, 0.5) is 0 Å². The highest BCUT2D eigenvalue weighted by Gasteiger charge is 2.19. The molecule has 0 bridgehead atoms. The number of hydrogen-bond donors (Lipinski definition) is 0. The van der Waals surface area contributed by atoms with Crippen LogP contribution < -0.4 is 9.47 Å². The molecule has 0 heterocycles. The molecular weight excluding hydrogens is 540 g/mol. The molecule has 2 atom stereocenters. The molecule has 2 unspecified atom stereocenters. The minimum absolute atomic E-state index is 0.539. The third kappa shape index (κ3) is 10.3. The third-order valence-corrected chi connectivity index (χ3v) is 9.20. The summed E-state index contributed by atoms with van der Waals surface area (Å²) in [5.74, 6) is 2.79. The van der Waals surface area contributed by atoms with Crippen molar-refractivity contribution in [2.24, 2.45) is 11.8 Å². The smallest absolute Gasteiger partial charge is 0.198 e. The van der Waals surface area contributed by atoms with E-state index < -0.39 is 0 Å². The number of ether oxygens (including phenoxy) is 2. The van der Waals surface area contributed by atoms with Gasteiger partial charge in [-0.3, -0.25) is 0 Å². The molecule has 0 spiro atoms. The number of hydrogen-bond acceptors (Lipinski definition) is 3. The third-order valence-electron chi connectivity index (χ3n) is 9.20. The van der Waals surface area contributed by atoms with E-state index in [1.165, 1.54) is 50.5 Å². The van der Waals surface area contributed by atoms with Gasteiger partial charge in [0.1, 0.15) is 11.5 Å². The fraction of sp³-hybridized carbons (Fsp3) is 0.550. The minimum atomic E-state index is 0.539. The number of unbranched alkanes of at least 4 members (excludes halogenated alkanes) is 2. The highest BCUT2D eigenvalue weighted by molar-refractivity contribution is 5.90. The quantitative estimate of drug-likeness (QED) is 0.0920. The first-order valence-electron chi connectivity index (χ1n) is 16.9. The summed E-state index contributed by atoms with van der Waals surface area (Å²) in [5, 5.41) is 9.95. The molecule has 0 amide bonds. The van der Waals surface area contributed by atoms with Gasteiger partial charge in [-0.05, 0) is 97.4 Å². The number of aryl methyl sites for hydroxylation is 3. The van der Waals surface area contributed by atoms with Gasteiger partial charge in [-0.25, -0.2) is 4.85 Å². The fourth-order valence-corrected chi connectivity index (χ4v) is 6.19. The van der Waals surface area contributed by atoms with Crippen LogP contribution in [0.15, 0.2) is 30.3 Å². The van der Waals surface area contributed by atoms with Crippen LogP contribution in [-0.4, -0.2) is 14.2 Å². The normalized spacial score (nSPS) is 13.2. The van der Waals surface area contributed by atoms with Crippen molar-refractivity contribution in [1.29, 1.82) is 5.26 Å². The molecule has 0 N–H and O–H groups in total. The van der Waals surface area contributed by atoms with Gasteiger partial charge in [-0.1, -0.05) is 97.3 Å². The summed E-state index contributed by atoms with van der Waals surface area (Å²) in [4.78, 5) is 4.05. The van der Waals surface area contributed by atoms with Gasteiger partial charge in [-0.2, -0.15) is 5.26 Å². The number of benzene rings is 2. The lowest BCUT2D eigenvalue weighted by atomic mass is 9.87. The lowest BCUT2D eigenvalue weighted by Crippen LogP contribution is -2.05. The zero-order valence-corrected chi connectivity index (χ0v) is 28.8. The largest absolute Gasteiger partial charge is 0.497 e. The highest BCUT2D eigenvalue weighted by atomic mass is 16.5. The maximum atomic E-state index is 9.95. The number of nitrogens with zero attached hydrogens (tertiary/aromatic N) is 2. The van der Waals surface area contributed by atoms with E-state index in [1.54, 1.807) is 14.2 Å². The first-order valence-corrected chi connectivity index (χ1v) is 16.9. The molecule has 44 heavy (non-hydrogen) atoms. The van der Waals surface area contributed by atoms with E-state index in [0.29, 0.717) is 28.9 Å². The standard InChI is InChI=1S/C40H56N2O2/c1-10-15-17-30(12-3)19-21-33-23-29(6)39(43-8)26-35(33)25-38(42-7)37-24-34(22-20-31(13-4)18-16-11-2)36(27-40(37)44-9)32(14-5)28-41/h14,23-27,30-31H,10-13,15-22H2,1-6,8-9H3/b32-14+,38-25-. The van der Waals surface area contributed by atoms with E-state index >= 15 is 0 Å². The Kier molecular flexibility index (Phi) is 16.4. The maximum absolute atomic E-state index is 9.95. The van der Waals surface area contributed by atoms with Crippen molar-refractivity contribution in [2.45, 2.75) is 119 Å². The summed E-state index contributed by atoms with van der Waals surface area (Å²) in [6, 6.07) is 10.8. The van der Waals surface area contributed by atoms with Gasteiger partial charge in [0, 0.05) is 5.56 Å². The van der Waals surface area contributed by atoms with Crippen LogP contribution in [0.25, 0.3) is 22.2 Å². The molecule has 4 nitrogen and oxygen atoms in total. The Bertz CT molecular complexity index is 1340. The van der Waals surface area contributed by atoms with E-state index in [2.05, 4.69) is 63.7 Å². The summed E-state index contributed by atoms with van der Waals surface area (Å²) in [6.45, 7) is 21.3. The molecule has 0 fully saturated rings. The molecule has 0 aromatic heterocycles. The second-order valence-corrected chi connectivity index (χ2v) is 12.1. The molecule has 0 saturated heterocycles. The van der Waals surface area contributed by atoms with E-state index in [0.717, 1.165) is 65.7 Å². The monoisotopic (exact) mass is 596 g/mol. The van der Waals surface area contributed by atoms with Crippen LogP contribution >= 0.6 is 0 Å². The predicted octanol–water partition coefficient (Wildman–Crippen LogP) is 11.7. The topological polar surface area (TPSA) is 46.6 Å². The van der Waals surface area contributed by atoms with Crippen LogP contribution in [-0.2, 0) is 12.8 Å². The second-order valence-electron chi connectivity index (χ2n) is 12.1. The SMILES string of the molecule is [C-]#[N+]/C(=C\c1cc(OC)c(C)cc1CCC(CC)CCCC)c1cc(CCC(CC)CCCC)c(/C(C#N)=C/C)cc1OC. The summed E-state index contributed by atoms with van der Waals surface area (Å²) >= 11 is 0. The van der Waals surface area contributed by atoms with Crippen LogP contribution in [0.1, 0.15) is 132 Å². The lowest BCUT2D eigenvalue weighted by molar-refractivity contribution is 0.410. The Morgan fingerprint density at radius 2 is 1.43 bits per heavy atom. The molecular formula is C40H56N2O2. The summed E-state index contributed by atoms with van der Waals surface area (Å²) in [6.07, 6.45) is 17.7. The van der Waals surface area contributed by atoms with E-state index in [-0.39, 0.29) is 0 Å². The Morgan fingerprint density at radius 1 is 0.841 bits per heavy atom. The van der Waals surface area contributed by atoms with Crippen molar-refractivity contribution in [1.82, 2.24) is 0 Å². The number of allylic oxidation sites excluding steroid dienone is 2.